The first-order valence-corrected chi connectivity index (χ1v) is 7.49. The van der Waals surface area contributed by atoms with Crippen LogP contribution in [0.15, 0.2) is 12.1 Å². The number of hydrogen-bond acceptors (Lipinski definition) is 3. The van der Waals surface area contributed by atoms with Gasteiger partial charge in [-0.2, -0.15) is 0 Å². The number of hydrogen-bond donors (Lipinski definition) is 0. The van der Waals surface area contributed by atoms with Gasteiger partial charge in [-0.3, -0.25) is 0 Å². The van der Waals surface area contributed by atoms with E-state index in [1.54, 1.807) is 6.07 Å². The Balaban J connectivity index is 2.10. The summed E-state index contributed by atoms with van der Waals surface area (Å²) >= 11 is 6.24. The normalized spacial score (nSPS) is 20.1. The van der Waals surface area contributed by atoms with Crippen LogP contribution in [0.25, 0.3) is 11.0 Å². The zero-order chi connectivity index (χ0) is 15.0. The van der Waals surface area contributed by atoms with Gasteiger partial charge >= 0.3 is 0 Å². The highest BCUT2D eigenvalue weighted by atomic mass is 35.5. The molecular formula is C15H18ClFN2O2. The van der Waals surface area contributed by atoms with Gasteiger partial charge in [-0.1, -0.05) is 0 Å². The highest BCUT2D eigenvalue weighted by Crippen LogP contribution is 2.30. The minimum absolute atomic E-state index is 0.222. The van der Waals surface area contributed by atoms with E-state index in [2.05, 4.69) is 9.55 Å². The number of alkyl halides is 1. The third-order valence-corrected chi connectivity index (χ3v) is 4.07. The molecule has 2 heterocycles. The van der Waals surface area contributed by atoms with Crippen LogP contribution in [0.1, 0.15) is 24.5 Å². The van der Waals surface area contributed by atoms with Crippen molar-refractivity contribution in [3.05, 3.63) is 23.8 Å². The molecule has 1 saturated heterocycles. The number of rotatable bonds is 4. The Morgan fingerprint density at radius 3 is 3.00 bits per heavy atom. The van der Waals surface area contributed by atoms with Crippen LogP contribution in [0.4, 0.5) is 4.39 Å². The molecule has 0 bridgehead atoms. The van der Waals surface area contributed by atoms with Crippen LogP contribution in [-0.2, 0) is 11.3 Å². The summed E-state index contributed by atoms with van der Waals surface area (Å²) in [6.07, 6.45) is 1.02. The van der Waals surface area contributed by atoms with Crippen molar-refractivity contribution in [3.8, 4) is 5.75 Å². The molecule has 1 aliphatic heterocycles. The van der Waals surface area contributed by atoms with Gasteiger partial charge < -0.3 is 14.0 Å². The molecule has 6 heteroatoms. The summed E-state index contributed by atoms with van der Waals surface area (Å²) in [6.45, 7) is 4.19. The average molecular weight is 313 g/mol. The topological polar surface area (TPSA) is 36.3 Å². The van der Waals surface area contributed by atoms with Crippen LogP contribution in [0.2, 0.25) is 0 Å². The fourth-order valence-corrected chi connectivity index (χ4v) is 2.95. The highest BCUT2D eigenvalue weighted by Gasteiger charge is 2.22. The first-order chi connectivity index (χ1) is 10.1. The van der Waals surface area contributed by atoms with Crippen LogP contribution in [0, 0.1) is 11.7 Å². The summed E-state index contributed by atoms with van der Waals surface area (Å²) in [5.74, 6) is 1.01. The van der Waals surface area contributed by atoms with Crippen molar-refractivity contribution < 1.29 is 13.9 Å². The van der Waals surface area contributed by atoms with Crippen molar-refractivity contribution in [2.24, 2.45) is 5.92 Å². The SMILES string of the molecule is COc1cc2c(cc1F)nc(C(C)Cl)n2CC1CCOC1. The monoisotopic (exact) mass is 312 g/mol. The first kappa shape index (κ1) is 14.6. The smallest absolute Gasteiger partial charge is 0.167 e. The molecule has 1 fully saturated rings. The number of aromatic nitrogens is 2. The molecule has 2 unspecified atom stereocenters. The first-order valence-electron chi connectivity index (χ1n) is 7.05. The van der Waals surface area contributed by atoms with Crippen molar-refractivity contribution in [1.82, 2.24) is 9.55 Å². The van der Waals surface area contributed by atoms with Crippen LogP contribution in [-0.4, -0.2) is 29.9 Å². The summed E-state index contributed by atoms with van der Waals surface area (Å²) in [5.41, 5.74) is 1.46. The molecule has 0 spiro atoms. The van der Waals surface area contributed by atoms with Gasteiger partial charge in [-0.25, -0.2) is 9.37 Å². The molecule has 2 aromatic rings. The fraction of sp³-hybridized carbons (Fsp3) is 0.533. The fourth-order valence-electron chi connectivity index (χ4n) is 2.78. The number of fused-ring (bicyclic) bond motifs is 1. The molecule has 1 aromatic heterocycles. The standard InChI is InChI=1S/C15H18ClFN2O2/c1-9(16)15-18-12-5-11(17)14(20-2)6-13(12)19(15)7-10-3-4-21-8-10/h5-6,9-10H,3-4,7-8H2,1-2H3. The lowest BCUT2D eigenvalue weighted by Crippen LogP contribution is -2.13. The molecule has 1 aliphatic rings. The van der Waals surface area contributed by atoms with E-state index in [0.29, 0.717) is 11.4 Å². The van der Waals surface area contributed by atoms with Gasteiger partial charge in [0.25, 0.3) is 0 Å². The molecule has 0 saturated carbocycles. The maximum Gasteiger partial charge on any atom is 0.167 e. The lowest BCUT2D eigenvalue weighted by Gasteiger charge is -2.14. The van der Waals surface area contributed by atoms with Gasteiger partial charge in [-0.15, -0.1) is 11.6 Å². The van der Waals surface area contributed by atoms with E-state index in [1.165, 1.54) is 13.2 Å². The quantitative estimate of drug-likeness (QED) is 0.810. The van der Waals surface area contributed by atoms with Gasteiger partial charge in [0.2, 0.25) is 0 Å². The number of methoxy groups -OCH3 is 1. The predicted molar refractivity (Wildman–Crippen MR) is 79.4 cm³/mol. The maximum atomic E-state index is 13.8. The largest absolute Gasteiger partial charge is 0.494 e. The Kier molecular flexibility index (Phi) is 4.04. The second-order valence-electron chi connectivity index (χ2n) is 5.40. The summed E-state index contributed by atoms with van der Waals surface area (Å²) in [5, 5.41) is -0.242. The minimum Gasteiger partial charge on any atom is -0.494 e. The molecule has 0 radical (unpaired) electrons. The van der Waals surface area contributed by atoms with Crippen molar-refractivity contribution in [1.29, 1.82) is 0 Å². The number of benzene rings is 1. The van der Waals surface area contributed by atoms with Crippen molar-refractivity contribution in [2.45, 2.75) is 25.3 Å². The molecule has 21 heavy (non-hydrogen) atoms. The van der Waals surface area contributed by atoms with E-state index in [4.69, 9.17) is 21.1 Å². The average Bonchev–Trinajstić information content (AvgIpc) is 3.06. The Morgan fingerprint density at radius 1 is 1.57 bits per heavy atom. The summed E-state index contributed by atoms with van der Waals surface area (Å²) in [6, 6.07) is 3.09. The van der Waals surface area contributed by atoms with Gasteiger partial charge in [0.15, 0.2) is 11.6 Å². The number of imidazole rings is 1. The summed E-state index contributed by atoms with van der Waals surface area (Å²) < 4.78 is 26.4. The second-order valence-corrected chi connectivity index (χ2v) is 6.06. The Morgan fingerprint density at radius 2 is 2.38 bits per heavy atom. The third kappa shape index (κ3) is 2.72. The van der Waals surface area contributed by atoms with E-state index in [1.807, 2.05) is 6.92 Å². The van der Waals surface area contributed by atoms with Gasteiger partial charge in [0.1, 0.15) is 5.82 Å². The zero-order valence-electron chi connectivity index (χ0n) is 12.1. The van der Waals surface area contributed by atoms with Crippen molar-refractivity contribution in [3.63, 3.8) is 0 Å². The summed E-state index contributed by atoms with van der Waals surface area (Å²) in [7, 11) is 1.46. The zero-order valence-corrected chi connectivity index (χ0v) is 12.9. The second kappa shape index (κ2) is 5.81. The minimum atomic E-state index is -0.410. The van der Waals surface area contributed by atoms with Crippen molar-refractivity contribution >= 4 is 22.6 Å². The number of halogens is 2. The van der Waals surface area contributed by atoms with E-state index in [0.717, 1.165) is 37.5 Å². The van der Waals surface area contributed by atoms with E-state index >= 15 is 0 Å². The van der Waals surface area contributed by atoms with E-state index < -0.39 is 5.82 Å². The maximum absolute atomic E-state index is 13.8. The lowest BCUT2D eigenvalue weighted by atomic mass is 10.1. The van der Waals surface area contributed by atoms with E-state index in [9.17, 15) is 4.39 Å². The highest BCUT2D eigenvalue weighted by molar-refractivity contribution is 6.20. The van der Waals surface area contributed by atoms with E-state index in [-0.39, 0.29) is 11.1 Å². The number of ether oxygens (including phenoxy) is 2. The molecule has 1 aromatic carbocycles. The van der Waals surface area contributed by atoms with Crippen LogP contribution in [0.3, 0.4) is 0 Å². The molecule has 3 rings (SSSR count). The molecular weight excluding hydrogens is 295 g/mol. The van der Waals surface area contributed by atoms with Crippen molar-refractivity contribution in [2.75, 3.05) is 20.3 Å². The molecule has 0 amide bonds. The number of nitrogens with zero attached hydrogens (tertiary/aromatic N) is 2. The third-order valence-electron chi connectivity index (χ3n) is 3.87. The molecule has 0 aliphatic carbocycles. The Labute approximate surface area is 127 Å². The summed E-state index contributed by atoms with van der Waals surface area (Å²) in [4.78, 5) is 4.49. The van der Waals surface area contributed by atoms with Gasteiger partial charge in [0, 0.05) is 31.2 Å². The Hall–Kier alpha value is -1.33. The molecule has 4 nitrogen and oxygen atoms in total. The van der Waals surface area contributed by atoms with Crippen LogP contribution in [0.5, 0.6) is 5.75 Å². The molecule has 114 valence electrons. The van der Waals surface area contributed by atoms with Gasteiger partial charge in [0.05, 0.1) is 30.1 Å². The van der Waals surface area contributed by atoms with Crippen LogP contribution >= 0.6 is 11.6 Å². The predicted octanol–water partition coefficient (Wildman–Crippen LogP) is 3.52. The Bertz CT molecular complexity index is 651. The van der Waals surface area contributed by atoms with Crippen LogP contribution < -0.4 is 4.74 Å². The molecule has 2 atom stereocenters. The lowest BCUT2D eigenvalue weighted by molar-refractivity contribution is 0.182. The molecule has 0 N–H and O–H groups in total. The van der Waals surface area contributed by atoms with Gasteiger partial charge in [-0.05, 0) is 13.3 Å².